The Balaban J connectivity index is 2.09. The maximum absolute atomic E-state index is 6.41. The maximum atomic E-state index is 6.41. The summed E-state index contributed by atoms with van der Waals surface area (Å²) in [7, 11) is 1.81. The molecule has 0 saturated heterocycles. The van der Waals surface area contributed by atoms with Crippen molar-refractivity contribution >= 4 is 11.3 Å². The third-order valence-corrected chi connectivity index (χ3v) is 5.07. The SMILES string of the molecule is COC(C1CCCCC1)C(N)c1sccc1C. The standard InChI is InChI=1S/C14H23NOS/c1-10-8-9-17-14(10)12(15)13(16-2)11-6-4-3-5-7-11/h8-9,11-13H,3-7,15H2,1-2H3. The molecule has 3 heteroatoms. The summed E-state index contributed by atoms with van der Waals surface area (Å²) in [4.78, 5) is 1.29. The zero-order chi connectivity index (χ0) is 12.3. The Morgan fingerprint density at radius 2 is 2.06 bits per heavy atom. The molecular weight excluding hydrogens is 230 g/mol. The van der Waals surface area contributed by atoms with E-state index in [-0.39, 0.29) is 12.1 Å². The molecule has 0 bridgehead atoms. The van der Waals surface area contributed by atoms with Crippen molar-refractivity contribution in [3.8, 4) is 0 Å². The summed E-state index contributed by atoms with van der Waals surface area (Å²) in [6, 6.07) is 2.19. The number of rotatable bonds is 4. The van der Waals surface area contributed by atoms with Gasteiger partial charge in [-0.3, -0.25) is 0 Å². The highest BCUT2D eigenvalue weighted by Gasteiger charge is 2.30. The van der Waals surface area contributed by atoms with Crippen molar-refractivity contribution in [1.82, 2.24) is 0 Å². The number of hydrogen-bond donors (Lipinski definition) is 1. The largest absolute Gasteiger partial charge is 0.379 e. The van der Waals surface area contributed by atoms with Gasteiger partial charge in [-0.2, -0.15) is 0 Å². The molecule has 0 spiro atoms. The molecule has 0 aromatic carbocycles. The van der Waals surface area contributed by atoms with Crippen LogP contribution in [0.15, 0.2) is 11.4 Å². The highest BCUT2D eigenvalue weighted by Crippen LogP contribution is 2.35. The van der Waals surface area contributed by atoms with Crippen molar-refractivity contribution in [3.63, 3.8) is 0 Å². The molecule has 2 unspecified atom stereocenters. The molecular formula is C14H23NOS. The second kappa shape index (κ2) is 5.98. The predicted octanol–water partition coefficient (Wildman–Crippen LogP) is 3.65. The minimum atomic E-state index is 0.0445. The lowest BCUT2D eigenvalue weighted by molar-refractivity contribution is 0.0179. The Morgan fingerprint density at radius 1 is 1.35 bits per heavy atom. The first-order valence-electron chi connectivity index (χ1n) is 6.56. The van der Waals surface area contributed by atoms with Crippen LogP contribution in [-0.4, -0.2) is 13.2 Å². The van der Waals surface area contributed by atoms with E-state index in [2.05, 4.69) is 18.4 Å². The van der Waals surface area contributed by atoms with Crippen LogP contribution in [0.25, 0.3) is 0 Å². The lowest BCUT2D eigenvalue weighted by Crippen LogP contribution is -2.35. The Bertz CT molecular complexity index is 344. The van der Waals surface area contributed by atoms with Crippen LogP contribution in [0.4, 0.5) is 0 Å². The van der Waals surface area contributed by atoms with Gasteiger partial charge in [0.25, 0.3) is 0 Å². The molecule has 1 aliphatic carbocycles. The fourth-order valence-electron chi connectivity index (χ4n) is 2.97. The normalized spacial score (nSPS) is 21.4. The summed E-state index contributed by atoms with van der Waals surface area (Å²) in [6.07, 6.45) is 6.78. The molecule has 2 N–H and O–H groups in total. The third kappa shape index (κ3) is 2.90. The predicted molar refractivity (Wildman–Crippen MR) is 73.4 cm³/mol. The van der Waals surface area contributed by atoms with Crippen molar-refractivity contribution in [2.45, 2.75) is 51.2 Å². The van der Waals surface area contributed by atoms with Gasteiger partial charge in [0, 0.05) is 12.0 Å². The summed E-state index contributed by atoms with van der Waals surface area (Å²) in [6.45, 7) is 2.14. The van der Waals surface area contributed by atoms with Gasteiger partial charge in [0.15, 0.2) is 0 Å². The molecule has 1 heterocycles. The Kier molecular flexibility index (Phi) is 4.60. The highest BCUT2D eigenvalue weighted by atomic mass is 32.1. The fourth-order valence-corrected chi connectivity index (χ4v) is 3.93. The van der Waals surface area contributed by atoms with Gasteiger partial charge in [0.1, 0.15) is 0 Å². The van der Waals surface area contributed by atoms with Gasteiger partial charge >= 0.3 is 0 Å². The maximum Gasteiger partial charge on any atom is 0.0800 e. The van der Waals surface area contributed by atoms with Crippen LogP contribution < -0.4 is 5.73 Å². The first-order chi connectivity index (χ1) is 8.24. The average molecular weight is 253 g/mol. The van der Waals surface area contributed by atoms with Crippen molar-refractivity contribution < 1.29 is 4.74 Å². The molecule has 1 aromatic heterocycles. The molecule has 1 aliphatic rings. The van der Waals surface area contributed by atoms with E-state index >= 15 is 0 Å². The van der Waals surface area contributed by atoms with E-state index in [1.807, 2.05) is 7.11 Å². The van der Waals surface area contributed by atoms with Crippen LogP contribution in [0.3, 0.4) is 0 Å². The van der Waals surface area contributed by atoms with Crippen LogP contribution in [-0.2, 0) is 4.74 Å². The van der Waals surface area contributed by atoms with Gasteiger partial charge in [-0.25, -0.2) is 0 Å². The number of hydrogen-bond acceptors (Lipinski definition) is 3. The summed E-state index contributed by atoms with van der Waals surface area (Å²) in [5.74, 6) is 0.644. The molecule has 0 amide bonds. The second-order valence-corrected chi connectivity index (χ2v) is 6.04. The molecule has 2 nitrogen and oxygen atoms in total. The van der Waals surface area contributed by atoms with E-state index in [1.54, 1.807) is 11.3 Å². The van der Waals surface area contributed by atoms with Gasteiger partial charge in [-0.15, -0.1) is 11.3 Å². The van der Waals surface area contributed by atoms with Crippen LogP contribution in [0.1, 0.15) is 48.6 Å². The third-order valence-electron chi connectivity index (χ3n) is 3.95. The summed E-state index contributed by atoms with van der Waals surface area (Å²) in [5.41, 5.74) is 7.72. The highest BCUT2D eigenvalue weighted by molar-refractivity contribution is 7.10. The summed E-state index contributed by atoms with van der Waals surface area (Å²) >= 11 is 1.76. The Labute approximate surface area is 108 Å². The minimum Gasteiger partial charge on any atom is -0.379 e. The molecule has 2 atom stereocenters. The van der Waals surface area contributed by atoms with Crippen molar-refractivity contribution in [2.24, 2.45) is 11.7 Å². The molecule has 17 heavy (non-hydrogen) atoms. The Hall–Kier alpha value is -0.380. The quantitative estimate of drug-likeness (QED) is 0.889. The van der Waals surface area contributed by atoms with E-state index < -0.39 is 0 Å². The fraction of sp³-hybridized carbons (Fsp3) is 0.714. The van der Waals surface area contributed by atoms with E-state index in [1.165, 1.54) is 42.5 Å². The number of aryl methyl sites for hydroxylation is 1. The second-order valence-electron chi connectivity index (χ2n) is 5.09. The number of ether oxygens (including phenoxy) is 1. The van der Waals surface area contributed by atoms with Gasteiger partial charge in [0.2, 0.25) is 0 Å². The lowest BCUT2D eigenvalue weighted by Gasteiger charge is -2.33. The van der Waals surface area contributed by atoms with Gasteiger partial charge in [-0.1, -0.05) is 19.3 Å². The molecule has 2 rings (SSSR count). The zero-order valence-corrected chi connectivity index (χ0v) is 11.6. The van der Waals surface area contributed by atoms with Gasteiger partial charge < -0.3 is 10.5 Å². The molecule has 0 aliphatic heterocycles. The number of nitrogens with two attached hydrogens (primary N) is 1. The minimum absolute atomic E-state index is 0.0445. The number of thiophene rings is 1. The van der Waals surface area contributed by atoms with Crippen molar-refractivity contribution in [3.05, 3.63) is 21.9 Å². The van der Waals surface area contributed by atoms with Crippen LogP contribution in [0.2, 0.25) is 0 Å². The van der Waals surface area contributed by atoms with Gasteiger partial charge in [-0.05, 0) is 42.7 Å². The van der Waals surface area contributed by atoms with Crippen molar-refractivity contribution in [2.75, 3.05) is 7.11 Å². The molecule has 0 radical (unpaired) electrons. The summed E-state index contributed by atoms with van der Waals surface area (Å²) < 4.78 is 5.71. The summed E-state index contributed by atoms with van der Waals surface area (Å²) in [5, 5.41) is 2.12. The first kappa shape index (κ1) is 13.1. The molecule has 1 aromatic rings. The topological polar surface area (TPSA) is 35.2 Å². The molecule has 96 valence electrons. The van der Waals surface area contributed by atoms with Gasteiger partial charge in [0.05, 0.1) is 12.1 Å². The average Bonchev–Trinajstić information content (AvgIpc) is 2.77. The van der Waals surface area contributed by atoms with E-state index in [9.17, 15) is 0 Å². The lowest BCUT2D eigenvalue weighted by atomic mass is 9.82. The van der Waals surface area contributed by atoms with E-state index in [0.29, 0.717) is 5.92 Å². The smallest absolute Gasteiger partial charge is 0.0800 e. The monoisotopic (exact) mass is 253 g/mol. The first-order valence-corrected chi connectivity index (χ1v) is 7.44. The van der Waals surface area contributed by atoms with Crippen molar-refractivity contribution in [1.29, 1.82) is 0 Å². The van der Waals surface area contributed by atoms with Crippen LogP contribution in [0, 0.1) is 12.8 Å². The Morgan fingerprint density at radius 3 is 2.59 bits per heavy atom. The number of methoxy groups -OCH3 is 1. The van der Waals surface area contributed by atoms with E-state index in [4.69, 9.17) is 10.5 Å². The molecule has 1 saturated carbocycles. The van der Waals surface area contributed by atoms with E-state index in [0.717, 1.165) is 0 Å². The molecule has 1 fully saturated rings. The zero-order valence-electron chi connectivity index (χ0n) is 10.8. The van der Waals surface area contributed by atoms with Crippen LogP contribution >= 0.6 is 11.3 Å². The van der Waals surface area contributed by atoms with Crippen LogP contribution in [0.5, 0.6) is 0 Å².